The fraction of sp³-hybridized carbons (Fsp3) is 0.207. The molecule has 0 aliphatic carbocycles. The Morgan fingerprint density at radius 1 is 1.03 bits per heavy atom. The summed E-state index contributed by atoms with van der Waals surface area (Å²) in [6.45, 7) is 5.05. The Balaban J connectivity index is 1.41. The van der Waals surface area contributed by atoms with E-state index in [9.17, 15) is 22.8 Å². The second-order valence-corrected chi connectivity index (χ2v) is 9.67. The number of hydrogen-bond acceptors (Lipinski definition) is 4. The molecule has 1 aromatic heterocycles. The maximum absolute atomic E-state index is 14.0. The van der Waals surface area contributed by atoms with Gasteiger partial charge in [-0.2, -0.15) is 0 Å². The van der Waals surface area contributed by atoms with Crippen LogP contribution >= 0.6 is 0 Å². The molecule has 4 aromatic rings. The summed E-state index contributed by atoms with van der Waals surface area (Å²) >= 11 is 0. The number of hydrogen-bond donors (Lipinski definition) is 1. The van der Waals surface area contributed by atoms with Crippen LogP contribution in [0, 0.1) is 24.4 Å². The molecule has 38 heavy (non-hydrogen) atoms. The van der Waals surface area contributed by atoms with E-state index in [4.69, 9.17) is 4.42 Å². The predicted molar refractivity (Wildman–Crippen MR) is 135 cm³/mol. The normalized spacial score (nSPS) is 14.1. The predicted octanol–water partition coefficient (Wildman–Crippen LogP) is 5.82. The van der Waals surface area contributed by atoms with Crippen LogP contribution in [0.15, 0.2) is 65.1 Å². The fourth-order valence-electron chi connectivity index (χ4n) is 4.58. The van der Waals surface area contributed by atoms with Crippen LogP contribution in [-0.2, 0) is 23.3 Å². The van der Waals surface area contributed by atoms with Gasteiger partial charge in [0.2, 0.25) is 11.8 Å². The number of halogens is 3. The highest BCUT2D eigenvalue weighted by molar-refractivity contribution is 6.08. The number of benzene rings is 3. The molecule has 6 nitrogen and oxygen atoms in total. The lowest BCUT2D eigenvalue weighted by atomic mass is 9.86. The van der Waals surface area contributed by atoms with E-state index in [0.29, 0.717) is 35.2 Å². The quantitative estimate of drug-likeness (QED) is 0.348. The minimum absolute atomic E-state index is 0.133. The molecular weight excluding hydrogens is 495 g/mol. The van der Waals surface area contributed by atoms with Crippen LogP contribution in [0.3, 0.4) is 0 Å². The summed E-state index contributed by atoms with van der Waals surface area (Å²) in [5.41, 5.74) is 1.57. The third-order valence-corrected chi connectivity index (χ3v) is 6.76. The van der Waals surface area contributed by atoms with Crippen LogP contribution in [0.4, 0.5) is 18.9 Å². The van der Waals surface area contributed by atoms with Crippen LogP contribution in [0.2, 0.25) is 0 Å². The molecule has 1 aliphatic heterocycles. The Morgan fingerprint density at radius 2 is 1.71 bits per heavy atom. The molecule has 0 unspecified atom stereocenters. The average Bonchev–Trinajstić information content (AvgIpc) is 3.34. The molecule has 0 atom stereocenters. The molecule has 5 rings (SSSR count). The van der Waals surface area contributed by atoms with E-state index >= 15 is 0 Å². The van der Waals surface area contributed by atoms with E-state index in [2.05, 4.69) is 10.3 Å². The molecule has 9 heteroatoms. The van der Waals surface area contributed by atoms with Crippen molar-refractivity contribution in [3.05, 3.63) is 106 Å². The van der Waals surface area contributed by atoms with Crippen molar-refractivity contribution in [1.29, 1.82) is 0 Å². The van der Waals surface area contributed by atoms with Gasteiger partial charge in [0.15, 0.2) is 0 Å². The fourth-order valence-corrected chi connectivity index (χ4v) is 4.58. The van der Waals surface area contributed by atoms with E-state index in [1.807, 2.05) is 30.3 Å². The Labute approximate surface area is 217 Å². The number of anilines is 1. The highest BCUT2D eigenvalue weighted by atomic mass is 19.1. The zero-order chi connectivity index (χ0) is 27.2. The van der Waals surface area contributed by atoms with Gasteiger partial charge in [0.1, 0.15) is 28.9 Å². The van der Waals surface area contributed by atoms with Crippen molar-refractivity contribution < 1.29 is 27.2 Å². The average molecular weight is 520 g/mol. The van der Waals surface area contributed by atoms with Gasteiger partial charge < -0.3 is 14.6 Å². The van der Waals surface area contributed by atoms with Crippen molar-refractivity contribution in [2.75, 3.05) is 4.90 Å². The summed E-state index contributed by atoms with van der Waals surface area (Å²) in [6.07, 6.45) is 0. The van der Waals surface area contributed by atoms with E-state index < -0.39 is 40.9 Å². The third-order valence-electron chi connectivity index (χ3n) is 6.76. The number of carbonyl (C=O) groups is 2. The van der Waals surface area contributed by atoms with Crippen LogP contribution in [0.25, 0.3) is 11.5 Å². The molecule has 2 amide bonds. The molecule has 0 bridgehead atoms. The highest BCUT2D eigenvalue weighted by Crippen LogP contribution is 2.43. The minimum atomic E-state index is -1.09. The van der Waals surface area contributed by atoms with E-state index in [1.54, 1.807) is 43.9 Å². The van der Waals surface area contributed by atoms with Gasteiger partial charge in [0.05, 0.1) is 12.0 Å². The molecule has 0 saturated heterocycles. The van der Waals surface area contributed by atoms with Crippen molar-refractivity contribution in [3.63, 3.8) is 0 Å². The number of amides is 2. The Kier molecular flexibility index (Phi) is 6.30. The summed E-state index contributed by atoms with van der Waals surface area (Å²) in [6, 6.07) is 15.3. The Hall–Kier alpha value is -4.40. The zero-order valence-electron chi connectivity index (χ0n) is 20.9. The maximum Gasteiger partial charge on any atom is 0.251 e. The lowest BCUT2D eigenvalue weighted by molar-refractivity contribution is -0.122. The molecule has 0 radical (unpaired) electrons. The minimum Gasteiger partial charge on any atom is -0.441 e. The third kappa shape index (κ3) is 4.44. The lowest BCUT2D eigenvalue weighted by Crippen LogP contribution is -2.36. The van der Waals surface area contributed by atoms with Gasteiger partial charge in [-0.25, -0.2) is 18.2 Å². The number of fused-ring (bicyclic) bond motifs is 1. The first-order valence-corrected chi connectivity index (χ1v) is 12.0. The summed E-state index contributed by atoms with van der Waals surface area (Å²) in [4.78, 5) is 32.5. The molecule has 194 valence electrons. The number of nitrogens with zero attached hydrogens (tertiary/aromatic N) is 2. The van der Waals surface area contributed by atoms with Crippen molar-refractivity contribution in [2.45, 2.75) is 39.3 Å². The standard InChI is InChI=1S/C29H24F3N3O3/c1-16-24(34-27(38-16)17-7-5-4-6-8-17)15-35-25-11-18(9-10-21(25)29(2,3)28(35)37)26(36)33-14-20-22(31)12-19(30)13-23(20)32/h4-13H,14-15H2,1-3H3,(H,33,36). The van der Waals surface area contributed by atoms with Gasteiger partial charge in [0.25, 0.3) is 5.91 Å². The molecule has 1 N–H and O–H groups in total. The van der Waals surface area contributed by atoms with Gasteiger partial charge in [-0.15, -0.1) is 0 Å². The smallest absolute Gasteiger partial charge is 0.251 e. The van der Waals surface area contributed by atoms with E-state index in [0.717, 1.165) is 11.1 Å². The van der Waals surface area contributed by atoms with Crippen molar-refractivity contribution in [2.24, 2.45) is 0 Å². The number of carbonyl (C=O) groups excluding carboxylic acids is 2. The summed E-state index contributed by atoms with van der Waals surface area (Å²) < 4.78 is 47.0. The monoisotopic (exact) mass is 519 g/mol. The molecule has 0 fully saturated rings. The molecule has 3 aromatic carbocycles. The van der Waals surface area contributed by atoms with Gasteiger partial charge in [-0.3, -0.25) is 9.59 Å². The first-order valence-electron chi connectivity index (χ1n) is 12.0. The van der Waals surface area contributed by atoms with Crippen LogP contribution in [-0.4, -0.2) is 16.8 Å². The van der Waals surface area contributed by atoms with Crippen LogP contribution in [0.5, 0.6) is 0 Å². The zero-order valence-corrected chi connectivity index (χ0v) is 20.9. The second kappa shape index (κ2) is 9.48. The first kappa shape index (κ1) is 25.3. The van der Waals surface area contributed by atoms with Crippen LogP contribution < -0.4 is 10.2 Å². The number of oxazole rings is 1. The molecule has 0 saturated carbocycles. The number of nitrogens with one attached hydrogen (secondary N) is 1. The van der Waals surface area contributed by atoms with Crippen molar-refractivity contribution >= 4 is 17.5 Å². The Bertz CT molecular complexity index is 1540. The molecule has 0 spiro atoms. The van der Waals surface area contributed by atoms with Crippen LogP contribution in [0.1, 0.15) is 46.8 Å². The SMILES string of the molecule is Cc1oc(-c2ccccc2)nc1CN1C(=O)C(C)(C)c2ccc(C(=O)NCc3c(F)cc(F)cc3F)cc21. The van der Waals surface area contributed by atoms with E-state index in [-0.39, 0.29) is 18.0 Å². The Morgan fingerprint density at radius 3 is 2.39 bits per heavy atom. The van der Waals surface area contributed by atoms with Crippen molar-refractivity contribution in [1.82, 2.24) is 10.3 Å². The summed E-state index contributed by atoms with van der Waals surface area (Å²) in [5.74, 6) is -2.97. The van der Waals surface area contributed by atoms with Gasteiger partial charge >= 0.3 is 0 Å². The maximum atomic E-state index is 14.0. The summed E-state index contributed by atoms with van der Waals surface area (Å²) in [7, 11) is 0. The number of rotatable bonds is 6. The molecule has 1 aliphatic rings. The molecular formula is C29H24F3N3O3. The topological polar surface area (TPSA) is 75.4 Å². The van der Waals surface area contributed by atoms with Gasteiger partial charge in [-0.05, 0) is 50.6 Å². The first-order chi connectivity index (χ1) is 18.1. The van der Waals surface area contributed by atoms with Gasteiger partial charge in [-0.1, -0.05) is 24.3 Å². The second-order valence-electron chi connectivity index (χ2n) is 9.67. The lowest BCUT2D eigenvalue weighted by Gasteiger charge is -2.19. The molecule has 2 heterocycles. The number of aromatic nitrogens is 1. The highest BCUT2D eigenvalue weighted by Gasteiger charge is 2.44. The van der Waals surface area contributed by atoms with Gasteiger partial charge in [0, 0.05) is 41.1 Å². The largest absolute Gasteiger partial charge is 0.441 e. The summed E-state index contributed by atoms with van der Waals surface area (Å²) in [5, 5.41) is 2.46. The van der Waals surface area contributed by atoms with E-state index in [1.165, 1.54) is 0 Å². The van der Waals surface area contributed by atoms with Crippen molar-refractivity contribution in [3.8, 4) is 11.5 Å². The number of aryl methyl sites for hydroxylation is 1.